The molecule has 49 heavy (non-hydrogen) atoms. The Morgan fingerprint density at radius 3 is 2.16 bits per heavy atom. The molecule has 2 aromatic rings. The predicted molar refractivity (Wildman–Crippen MR) is 183 cm³/mol. The minimum absolute atomic E-state index is 0.0820. The maximum Gasteiger partial charge on any atom is 0.312 e. The number of nitrogens with one attached hydrogen (secondary N) is 5. The molecule has 0 unspecified atom stereocenters. The fourth-order valence-electron chi connectivity index (χ4n) is 5.49. The number of aromatic hydroxyl groups is 1. The normalized spacial score (nSPS) is 23.7. The van der Waals surface area contributed by atoms with Gasteiger partial charge >= 0.3 is 6.03 Å². The second kappa shape index (κ2) is 18.4. The highest BCUT2D eigenvalue weighted by molar-refractivity contribution is 5.96. The third-order valence-corrected chi connectivity index (χ3v) is 8.59. The lowest BCUT2D eigenvalue weighted by atomic mass is 9.99. The molecule has 2 aromatic carbocycles. The van der Waals surface area contributed by atoms with Gasteiger partial charge in [-0.05, 0) is 68.2 Å². The quantitative estimate of drug-likeness (QED) is 0.224. The summed E-state index contributed by atoms with van der Waals surface area (Å²) in [6.07, 6.45) is 1.73. The minimum Gasteiger partial charge on any atom is -0.508 e. The molecule has 14 nitrogen and oxygen atoms in total. The highest BCUT2D eigenvalue weighted by Gasteiger charge is 2.35. The van der Waals surface area contributed by atoms with Gasteiger partial charge in [-0.1, -0.05) is 56.3 Å². The Morgan fingerprint density at radius 1 is 0.878 bits per heavy atom. The van der Waals surface area contributed by atoms with Crippen molar-refractivity contribution in [3.8, 4) is 5.75 Å². The molecule has 8 N–H and O–H groups in total. The number of nitrogens with two attached hydrogens (primary N) is 1. The lowest BCUT2D eigenvalue weighted by Crippen LogP contribution is -2.60. The number of carbonyl (C=O) groups excluding carboxylic acids is 6. The van der Waals surface area contributed by atoms with Crippen LogP contribution in [0.15, 0.2) is 54.6 Å². The zero-order chi connectivity index (χ0) is 36.1. The largest absolute Gasteiger partial charge is 0.508 e. The van der Waals surface area contributed by atoms with Crippen LogP contribution in [0.3, 0.4) is 0 Å². The molecular formula is C35H49N7O7. The average Bonchev–Trinajstić information content (AvgIpc) is 3.07. The number of rotatable bonds is 7. The number of aryl methyl sites for hydroxylation is 1. The van der Waals surface area contributed by atoms with Gasteiger partial charge in [-0.25, -0.2) is 4.79 Å². The van der Waals surface area contributed by atoms with Gasteiger partial charge < -0.3 is 42.3 Å². The molecule has 0 aromatic heterocycles. The first kappa shape index (κ1) is 38.3. The molecule has 7 amide bonds. The van der Waals surface area contributed by atoms with Crippen LogP contribution in [0.4, 0.5) is 4.79 Å². The number of urea groups is 1. The molecule has 1 heterocycles. The van der Waals surface area contributed by atoms with Crippen LogP contribution in [0.25, 0.3) is 0 Å². The van der Waals surface area contributed by atoms with Crippen molar-refractivity contribution < 1.29 is 33.9 Å². The Kier molecular flexibility index (Phi) is 14.4. The zero-order valence-corrected chi connectivity index (χ0v) is 28.5. The number of phenols is 1. The monoisotopic (exact) mass is 679 g/mol. The van der Waals surface area contributed by atoms with E-state index in [-0.39, 0.29) is 31.6 Å². The summed E-state index contributed by atoms with van der Waals surface area (Å²) in [5.41, 5.74) is 6.97. The van der Waals surface area contributed by atoms with E-state index in [0.29, 0.717) is 19.3 Å². The summed E-state index contributed by atoms with van der Waals surface area (Å²) in [7, 11) is 1.45. The zero-order valence-electron chi connectivity index (χ0n) is 28.5. The van der Waals surface area contributed by atoms with E-state index in [1.54, 1.807) is 26.0 Å². The van der Waals surface area contributed by atoms with Crippen LogP contribution in [0.1, 0.15) is 57.6 Å². The number of primary amides is 1. The number of amides is 7. The molecule has 266 valence electrons. The number of phenolic OH excluding ortho intramolecular Hbond substituents is 1. The Morgan fingerprint density at radius 2 is 1.53 bits per heavy atom. The van der Waals surface area contributed by atoms with Crippen molar-refractivity contribution in [2.45, 2.75) is 89.5 Å². The van der Waals surface area contributed by atoms with E-state index >= 15 is 0 Å². The number of nitrogens with zero attached hydrogens (tertiary/aromatic N) is 1. The molecule has 3 rings (SSSR count). The molecule has 1 aliphatic heterocycles. The number of likely N-dealkylation sites (N-methyl/N-ethyl adjacent to an activating group) is 1. The molecule has 0 spiro atoms. The Balaban J connectivity index is 1.95. The van der Waals surface area contributed by atoms with Gasteiger partial charge in [-0.15, -0.1) is 0 Å². The van der Waals surface area contributed by atoms with Crippen LogP contribution < -0.4 is 32.3 Å². The molecule has 14 heteroatoms. The molecule has 0 bridgehead atoms. The number of carbonyl (C=O) groups is 6. The van der Waals surface area contributed by atoms with E-state index in [4.69, 9.17) is 5.73 Å². The van der Waals surface area contributed by atoms with Gasteiger partial charge in [-0.2, -0.15) is 0 Å². The van der Waals surface area contributed by atoms with Gasteiger partial charge in [0.2, 0.25) is 29.5 Å². The standard InChI is InChI=1S/C35H49N7O7/c1-21(2)29-33(47)38-27(18-15-23-13-16-25(43)17-14-23)34(48)42(4)22(3)30(44)39-28(20-24-10-6-5-7-11-24)31(45)37-19-9-8-12-26(32(46)41-29)40-35(36)49/h5-7,10-11,13-14,16-17,21-22,26-29,43H,8-9,12,15,18-20H2,1-4H3,(H,37,45)(H,38,47)(H,39,44)(H,41,46)(H3,36,40,49)/t22-,26+,27-,28-,29-/m0/s1. The number of hydrogen-bond acceptors (Lipinski definition) is 7. The summed E-state index contributed by atoms with van der Waals surface area (Å²) >= 11 is 0. The second-order valence-electron chi connectivity index (χ2n) is 12.7. The van der Waals surface area contributed by atoms with Gasteiger partial charge in [0.05, 0.1) is 0 Å². The van der Waals surface area contributed by atoms with Crippen molar-refractivity contribution in [1.29, 1.82) is 0 Å². The van der Waals surface area contributed by atoms with Crippen LogP contribution in [0, 0.1) is 5.92 Å². The van der Waals surface area contributed by atoms with Crippen LogP contribution in [-0.4, -0.2) is 89.4 Å². The molecule has 0 saturated carbocycles. The van der Waals surface area contributed by atoms with E-state index < -0.39 is 71.7 Å². The van der Waals surface area contributed by atoms with E-state index in [9.17, 15) is 33.9 Å². The second-order valence-corrected chi connectivity index (χ2v) is 12.7. The molecular weight excluding hydrogens is 630 g/mol. The van der Waals surface area contributed by atoms with Crippen molar-refractivity contribution in [1.82, 2.24) is 31.5 Å². The first-order valence-corrected chi connectivity index (χ1v) is 16.6. The number of benzene rings is 2. The SMILES string of the molecule is CC(C)[C@@H]1NC(=O)[C@H](NC(N)=O)CCCCNC(=O)[C@H](Cc2ccccc2)NC(=O)[C@H](C)N(C)C(=O)[C@H](CCc2ccc(O)cc2)NC1=O. The highest BCUT2D eigenvalue weighted by Crippen LogP contribution is 2.15. The van der Waals surface area contributed by atoms with Crippen molar-refractivity contribution in [2.24, 2.45) is 11.7 Å². The van der Waals surface area contributed by atoms with Crippen LogP contribution in [0.5, 0.6) is 5.75 Å². The molecule has 5 atom stereocenters. The Hall–Kier alpha value is -5.14. The van der Waals surface area contributed by atoms with Gasteiger partial charge in [-0.3, -0.25) is 24.0 Å². The van der Waals surface area contributed by atoms with E-state index in [0.717, 1.165) is 11.1 Å². The summed E-state index contributed by atoms with van der Waals surface area (Å²) in [5, 5.41) is 23.3. The third kappa shape index (κ3) is 11.8. The number of hydrogen-bond donors (Lipinski definition) is 7. The maximum atomic E-state index is 14.0. The van der Waals surface area contributed by atoms with Crippen molar-refractivity contribution in [3.05, 3.63) is 65.7 Å². The topological polar surface area (TPSA) is 212 Å². The fourth-order valence-corrected chi connectivity index (χ4v) is 5.49. The van der Waals surface area contributed by atoms with Gasteiger partial charge in [0.1, 0.15) is 36.0 Å². The smallest absolute Gasteiger partial charge is 0.312 e. The van der Waals surface area contributed by atoms with Crippen molar-refractivity contribution in [2.75, 3.05) is 13.6 Å². The first-order valence-electron chi connectivity index (χ1n) is 16.6. The molecule has 0 aliphatic carbocycles. The van der Waals surface area contributed by atoms with Crippen LogP contribution in [0.2, 0.25) is 0 Å². The molecule has 1 fully saturated rings. The maximum absolute atomic E-state index is 14.0. The van der Waals surface area contributed by atoms with Gasteiger partial charge in [0.25, 0.3) is 0 Å². The Labute approximate surface area is 286 Å². The van der Waals surface area contributed by atoms with Gasteiger partial charge in [0, 0.05) is 20.0 Å². The molecule has 0 radical (unpaired) electrons. The summed E-state index contributed by atoms with van der Waals surface area (Å²) in [6, 6.07) is 9.53. The predicted octanol–water partition coefficient (Wildman–Crippen LogP) is 0.862. The molecule has 1 saturated heterocycles. The van der Waals surface area contributed by atoms with E-state index in [1.807, 2.05) is 30.3 Å². The van der Waals surface area contributed by atoms with Crippen LogP contribution >= 0.6 is 0 Å². The molecule has 1 aliphatic rings. The summed E-state index contributed by atoms with van der Waals surface area (Å²) in [4.78, 5) is 80.9. The van der Waals surface area contributed by atoms with Crippen LogP contribution in [-0.2, 0) is 36.8 Å². The summed E-state index contributed by atoms with van der Waals surface area (Å²) < 4.78 is 0. The first-order chi connectivity index (χ1) is 23.3. The third-order valence-electron chi connectivity index (χ3n) is 8.59. The minimum atomic E-state index is -1.11. The van der Waals surface area contributed by atoms with E-state index in [1.165, 1.54) is 31.0 Å². The van der Waals surface area contributed by atoms with Gasteiger partial charge in [0.15, 0.2) is 0 Å². The average molecular weight is 680 g/mol. The Bertz CT molecular complexity index is 1450. The highest BCUT2D eigenvalue weighted by atomic mass is 16.3. The summed E-state index contributed by atoms with van der Waals surface area (Å²) in [5.74, 6) is -3.09. The van der Waals surface area contributed by atoms with Crippen molar-refractivity contribution in [3.63, 3.8) is 0 Å². The lowest BCUT2D eigenvalue weighted by Gasteiger charge is -2.31. The summed E-state index contributed by atoms with van der Waals surface area (Å²) in [6.45, 7) is 5.24. The van der Waals surface area contributed by atoms with Crippen molar-refractivity contribution >= 4 is 35.6 Å². The fraction of sp³-hybridized carbons (Fsp3) is 0.486. The van der Waals surface area contributed by atoms with E-state index in [2.05, 4.69) is 26.6 Å². The lowest BCUT2D eigenvalue weighted by molar-refractivity contribution is -0.142.